The number of carbonyl (C=O) groups is 1. The molecule has 24 heavy (non-hydrogen) atoms. The first kappa shape index (κ1) is 17.5. The highest BCUT2D eigenvalue weighted by molar-refractivity contribution is 6.03. The largest absolute Gasteiger partial charge is 0.371 e. The van der Waals surface area contributed by atoms with Crippen molar-refractivity contribution in [1.82, 2.24) is 4.98 Å². The predicted molar refractivity (Wildman–Crippen MR) is 96.1 cm³/mol. The molecule has 1 amide bonds. The Labute approximate surface area is 142 Å². The molecule has 0 bridgehead atoms. The normalized spacial score (nSPS) is 10.0. The lowest BCUT2D eigenvalue weighted by atomic mass is 10.2. The fourth-order valence-corrected chi connectivity index (χ4v) is 2.51. The Kier molecular flexibility index (Phi) is 6.32. The molecule has 1 N–H and O–H groups in total. The molecule has 124 valence electrons. The molecular formula is C19H22N4O. The van der Waals surface area contributed by atoms with Gasteiger partial charge < -0.3 is 10.2 Å². The molecule has 1 aromatic carbocycles. The maximum absolute atomic E-state index is 12.4. The molecule has 0 fully saturated rings. The number of rotatable bonds is 7. The second kappa shape index (κ2) is 8.68. The molecule has 1 heterocycles. The standard InChI is InChI=1S/C19H22N4O/c1-3-10-23(11-4-2)17-8-9-21-18(13-17)19(24)22-16-7-5-6-15(12-16)14-20/h5-9,12-13H,3-4,10-11H2,1-2H3,(H,22,24). The first-order valence-corrected chi connectivity index (χ1v) is 8.20. The summed E-state index contributed by atoms with van der Waals surface area (Å²) in [5.74, 6) is -0.278. The SMILES string of the molecule is CCCN(CCC)c1ccnc(C(=O)Nc2cccc(C#N)c2)c1. The van der Waals surface area contributed by atoms with E-state index in [1.807, 2.05) is 12.1 Å². The number of amides is 1. The number of benzene rings is 1. The van der Waals surface area contributed by atoms with Crippen LogP contribution in [-0.2, 0) is 0 Å². The van der Waals surface area contributed by atoms with Crippen LogP contribution in [-0.4, -0.2) is 24.0 Å². The third kappa shape index (κ3) is 4.56. The molecule has 0 aliphatic rings. The van der Waals surface area contributed by atoms with Crippen molar-refractivity contribution in [3.8, 4) is 6.07 Å². The molecular weight excluding hydrogens is 300 g/mol. The highest BCUT2D eigenvalue weighted by Gasteiger charge is 2.11. The van der Waals surface area contributed by atoms with Crippen LogP contribution in [0, 0.1) is 11.3 Å². The predicted octanol–water partition coefficient (Wildman–Crippen LogP) is 3.83. The van der Waals surface area contributed by atoms with E-state index in [4.69, 9.17) is 5.26 Å². The lowest BCUT2D eigenvalue weighted by Gasteiger charge is -2.23. The minimum Gasteiger partial charge on any atom is -0.371 e. The van der Waals surface area contributed by atoms with Crippen molar-refractivity contribution < 1.29 is 4.79 Å². The monoisotopic (exact) mass is 322 g/mol. The van der Waals surface area contributed by atoms with Crippen LogP contribution in [0.15, 0.2) is 42.6 Å². The Morgan fingerprint density at radius 2 is 1.96 bits per heavy atom. The van der Waals surface area contributed by atoms with Gasteiger partial charge in [-0.3, -0.25) is 9.78 Å². The second-order valence-corrected chi connectivity index (χ2v) is 5.53. The van der Waals surface area contributed by atoms with Crippen molar-refractivity contribution in [2.45, 2.75) is 26.7 Å². The van der Waals surface area contributed by atoms with E-state index in [9.17, 15) is 4.79 Å². The van der Waals surface area contributed by atoms with Gasteiger partial charge in [-0.05, 0) is 43.2 Å². The van der Waals surface area contributed by atoms with Gasteiger partial charge in [-0.15, -0.1) is 0 Å². The minimum atomic E-state index is -0.278. The molecule has 0 radical (unpaired) electrons. The number of nitriles is 1. The van der Waals surface area contributed by atoms with Gasteiger partial charge in [0.25, 0.3) is 5.91 Å². The molecule has 1 aromatic heterocycles. The molecule has 5 heteroatoms. The molecule has 0 spiro atoms. The van der Waals surface area contributed by atoms with Crippen LogP contribution in [0.3, 0.4) is 0 Å². The lowest BCUT2D eigenvalue weighted by Crippen LogP contribution is -2.25. The van der Waals surface area contributed by atoms with Crippen LogP contribution in [0.2, 0.25) is 0 Å². The molecule has 0 unspecified atom stereocenters. The number of anilines is 2. The summed E-state index contributed by atoms with van der Waals surface area (Å²) < 4.78 is 0. The van der Waals surface area contributed by atoms with Crippen LogP contribution in [0.25, 0.3) is 0 Å². The molecule has 0 saturated carbocycles. The van der Waals surface area contributed by atoms with Gasteiger partial charge >= 0.3 is 0 Å². The van der Waals surface area contributed by atoms with Gasteiger partial charge in [0.15, 0.2) is 0 Å². The Morgan fingerprint density at radius 1 is 1.21 bits per heavy atom. The smallest absolute Gasteiger partial charge is 0.274 e. The molecule has 0 aliphatic carbocycles. The maximum atomic E-state index is 12.4. The number of aromatic nitrogens is 1. The third-order valence-corrected chi connectivity index (χ3v) is 3.58. The minimum absolute atomic E-state index is 0.278. The van der Waals surface area contributed by atoms with Gasteiger partial charge in [0, 0.05) is 30.7 Å². The zero-order valence-electron chi connectivity index (χ0n) is 14.1. The van der Waals surface area contributed by atoms with E-state index in [2.05, 4.69) is 35.1 Å². The topological polar surface area (TPSA) is 69.0 Å². The van der Waals surface area contributed by atoms with E-state index in [1.54, 1.807) is 30.5 Å². The van der Waals surface area contributed by atoms with Crippen molar-refractivity contribution in [2.24, 2.45) is 0 Å². The molecule has 0 saturated heterocycles. The molecule has 2 rings (SSSR count). The molecule has 0 atom stereocenters. The van der Waals surface area contributed by atoms with Gasteiger partial charge in [0.05, 0.1) is 11.6 Å². The van der Waals surface area contributed by atoms with E-state index in [-0.39, 0.29) is 5.91 Å². The zero-order valence-corrected chi connectivity index (χ0v) is 14.1. The summed E-state index contributed by atoms with van der Waals surface area (Å²) in [6.45, 7) is 6.17. The van der Waals surface area contributed by atoms with Crippen molar-refractivity contribution in [3.63, 3.8) is 0 Å². The van der Waals surface area contributed by atoms with Crippen molar-refractivity contribution >= 4 is 17.3 Å². The van der Waals surface area contributed by atoms with Crippen molar-refractivity contribution in [1.29, 1.82) is 5.26 Å². The summed E-state index contributed by atoms with van der Waals surface area (Å²) in [4.78, 5) is 18.9. The Balaban J connectivity index is 2.17. The second-order valence-electron chi connectivity index (χ2n) is 5.53. The fourth-order valence-electron chi connectivity index (χ4n) is 2.51. The zero-order chi connectivity index (χ0) is 17.4. The van der Waals surface area contributed by atoms with E-state index in [0.717, 1.165) is 31.6 Å². The maximum Gasteiger partial charge on any atom is 0.274 e. The summed E-state index contributed by atoms with van der Waals surface area (Å²) in [5.41, 5.74) is 2.47. The average Bonchev–Trinajstić information content (AvgIpc) is 2.62. The molecule has 2 aromatic rings. The van der Waals surface area contributed by atoms with Crippen LogP contribution in [0.4, 0.5) is 11.4 Å². The number of hydrogen-bond acceptors (Lipinski definition) is 4. The summed E-state index contributed by atoms with van der Waals surface area (Å²) in [5, 5.41) is 11.7. The fraction of sp³-hybridized carbons (Fsp3) is 0.316. The first-order valence-electron chi connectivity index (χ1n) is 8.20. The Hall–Kier alpha value is -2.87. The summed E-state index contributed by atoms with van der Waals surface area (Å²) in [6, 6.07) is 12.6. The van der Waals surface area contributed by atoms with E-state index in [1.165, 1.54) is 0 Å². The lowest BCUT2D eigenvalue weighted by molar-refractivity contribution is 0.102. The number of pyridine rings is 1. The quantitative estimate of drug-likeness (QED) is 0.841. The van der Waals surface area contributed by atoms with Crippen molar-refractivity contribution in [3.05, 3.63) is 53.9 Å². The highest BCUT2D eigenvalue weighted by Crippen LogP contribution is 2.17. The van der Waals surface area contributed by atoms with Crippen LogP contribution < -0.4 is 10.2 Å². The van der Waals surface area contributed by atoms with E-state index >= 15 is 0 Å². The number of carbonyl (C=O) groups excluding carboxylic acids is 1. The van der Waals surface area contributed by atoms with Gasteiger partial charge in [-0.25, -0.2) is 0 Å². The number of nitrogens with zero attached hydrogens (tertiary/aromatic N) is 3. The average molecular weight is 322 g/mol. The number of nitrogens with one attached hydrogen (secondary N) is 1. The van der Waals surface area contributed by atoms with Gasteiger partial charge in [-0.1, -0.05) is 19.9 Å². The Morgan fingerprint density at radius 3 is 2.62 bits per heavy atom. The van der Waals surface area contributed by atoms with Crippen LogP contribution in [0.5, 0.6) is 0 Å². The summed E-state index contributed by atoms with van der Waals surface area (Å²) in [6.07, 6.45) is 3.75. The Bertz CT molecular complexity index is 730. The van der Waals surface area contributed by atoms with E-state index in [0.29, 0.717) is 16.9 Å². The molecule has 5 nitrogen and oxygen atoms in total. The first-order chi connectivity index (χ1) is 11.7. The third-order valence-electron chi connectivity index (χ3n) is 3.58. The van der Waals surface area contributed by atoms with Gasteiger partial charge in [0.2, 0.25) is 0 Å². The van der Waals surface area contributed by atoms with Crippen molar-refractivity contribution in [2.75, 3.05) is 23.3 Å². The number of hydrogen-bond donors (Lipinski definition) is 1. The van der Waals surface area contributed by atoms with Crippen LogP contribution in [0.1, 0.15) is 42.7 Å². The highest BCUT2D eigenvalue weighted by atomic mass is 16.1. The van der Waals surface area contributed by atoms with E-state index < -0.39 is 0 Å². The van der Waals surface area contributed by atoms with Crippen LogP contribution >= 0.6 is 0 Å². The van der Waals surface area contributed by atoms with Gasteiger partial charge in [-0.2, -0.15) is 5.26 Å². The molecule has 0 aliphatic heterocycles. The van der Waals surface area contributed by atoms with Gasteiger partial charge in [0.1, 0.15) is 5.69 Å². The summed E-state index contributed by atoms with van der Waals surface area (Å²) in [7, 11) is 0. The summed E-state index contributed by atoms with van der Waals surface area (Å²) >= 11 is 0.